The predicted octanol–water partition coefficient (Wildman–Crippen LogP) is 1.02. The largest absolute Gasteiger partial charge is 0.392 e. The number of nitrogens with zero attached hydrogens (tertiary/aromatic N) is 1. The van der Waals surface area contributed by atoms with Crippen LogP contribution in [-0.2, 0) is 4.79 Å². The Balaban J connectivity index is 2.48. The second kappa shape index (κ2) is 7.25. The Morgan fingerprint density at radius 1 is 1.47 bits per heavy atom. The monoisotopic (exact) mass is 328 g/mol. The normalized spacial score (nSPS) is 11.8. The molecule has 0 radical (unpaired) electrons. The fourth-order valence-corrected chi connectivity index (χ4v) is 1.92. The van der Waals surface area contributed by atoms with Crippen LogP contribution >= 0.6 is 15.9 Å². The molecule has 0 fully saturated rings. The maximum absolute atomic E-state index is 11.8. The van der Waals surface area contributed by atoms with Crippen molar-refractivity contribution in [3.05, 3.63) is 34.3 Å². The molecule has 1 rings (SSSR count). The van der Waals surface area contributed by atoms with E-state index in [1.54, 1.807) is 32.2 Å². The third-order valence-corrected chi connectivity index (χ3v) is 2.94. The van der Waals surface area contributed by atoms with Crippen LogP contribution in [0.5, 0.6) is 0 Å². The van der Waals surface area contributed by atoms with Gasteiger partial charge in [0.05, 0.1) is 12.6 Å². The SMILES string of the molecule is CC(O)CN(C)C(=O)CNC(=O)c1cccc(Br)c1. The summed E-state index contributed by atoms with van der Waals surface area (Å²) in [5.74, 6) is -0.552. The highest BCUT2D eigenvalue weighted by Gasteiger charge is 2.13. The van der Waals surface area contributed by atoms with Crippen LogP contribution in [0.3, 0.4) is 0 Å². The second-order valence-electron chi connectivity index (χ2n) is 4.32. The lowest BCUT2D eigenvalue weighted by molar-refractivity contribution is -0.129. The number of hydrogen-bond acceptors (Lipinski definition) is 3. The van der Waals surface area contributed by atoms with E-state index in [1.807, 2.05) is 6.07 Å². The molecule has 2 N–H and O–H groups in total. The highest BCUT2D eigenvalue weighted by atomic mass is 79.9. The number of likely N-dealkylation sites (N-methyl/N-ethyl adjacent to an activating group) is 1. The Morgan fingerprint density at radius 2 is 2.16 bits per heavy atom. The van der Waals surface area contributed by atoms with Crippen molar-refractivity contribution in [2.75, 3.05) is 20.1 Å². The Kier molecular flexibility index (Phi) is 5.98. The maximum atomic E-state index is 11.8. The lowest BCUT2D eigenvalue weighted by Crippen LogP contribution is -2.40. The van der Waals surface area contributed by atoms with Crippen LogP contribution in [-0.4, -0.2) is 48.1 Å². The minimum absolute atomic E-state index is 0.0887. The van der Waals surface area contributed by atoms with Gasteiger partial charge in [0, 0.05) is 23.6 Å². The van der Waals surface area contributed by atoms with E-state index >= 15 is 0 Å². The number of rotatable bonds is 5. The number of hydrogen-bond donors (Lipinski definition) is 2. The number of aliphatic hydroxyl groups is 1. The first kappa shape index (κ1) is 15.7. The van der Waals surface area contributed by atoms with E-state index in [9.17, 15) is 14.7 Å². The lowest BCUT2D eigenvalue weighted by atomic mass is 10.2. The summed E-state index contributed by atoms with van der Waals surface area (Å²) in [6.45, 7) is 1.75. The fourth-order valence-electron chi connectivity index (χ4n) is 1.52. The van der Waals surface area contributed by atoms with Crippen molar-refractivity contribution >= 4 is 27.7 Å². The molecule has 0 saturated heterocycles. The molecule has 6 heteroatoms. The van der Waals surface area contributed by atoms with Gasteiger partial charge in [0.2, 0.25) is 5.91 Å². The van der Waals surface area contributed by atoms with Gasteiger partial charge in [0.1, 0.15) is 0 Å². The molecule has 0 saturated carbocycles. The first-order valence-electron chi connectivity index (χ1n) is 5.86. The first-order chi connectivity index (χ1) is 8.90. The van der Waals surface area contributed by atoms with Crippen LogP contribution in [0.15, 0.2) is 28.7 Å². The smallest absolute Gasteiger partial charge is 0.251 e. The van der Waals surface area contributed by atoms with Crippen molar-refractivity contribution < 1.29 is 14.7 Å². The van der Waals surface area contributed by atoms with Crippen molar-refractivity contribution in [2.45, 2.75) is 13.0 Å². The van der Waals surface area contributed by atoms with E-state index in [1.165, 1.54) is 4.90 Å². The highest BCUT2D eigenvalue weighted by Crippen LogP contribution is 2.11. The molecule has 1 atom stereocenters. The van der Waals surface area contributed by atoms with Gasteiger partial charge in [-0.15, -0.1) is 0 Å². The summed E-state index contributed by atoms with van der Waals surface area (Å²) in [5, 5.41) is 11.7. The van der Waals surface area contributed by atoms with Crippen LogP contribution in [0.2, 0.25) is 0 Å². The van der Waals surface area contributed by atoms with E-state index in [4.69, 9.17) is 0 Å². The molecule has 1 aromatic rings. The van der Waals surface area contributed by atoms with Crippen molar-refractivity contribution in [1.82, 2.24) is 10.2 Å². The number of benzene rings is 1. The van der Waals surface area contributed by atoms with E-state index in [0.717, 1.165) is 4.47 Å². The zero-order valence-corrected chi connectivity index (χ0v) is 12.5. The topological polar surface area (TPSA) is 69.6 Å². The van der Waals surface area contributed by atoms with Crippen LogP contribution in [0.1, 0.15) is 17.3 Å². The zero-order valence-electron chi connectivity index (χ0n) is 10.9. The highest BCUT2D eigenvalue weighted by molar-refractivity contribution is 9.10. The number of halogens is 1. The van der Waals surface area contributed by atoms with Gasteiger partial charge in [-0.05, 0) is 25.1 Å². The average molecular weight is 329 g/mol. The summed E-state index contributed by atoms with van der Waals surface area (Å²) >= 11 is 3.28. The predicted molar refractivity (Wildman–Crippen MR) is 75.8 cm³/mol. The van der Waals surface area contributed by atoms with E-state index in [2.05, 4.69) is 21.2 Å². The Labute approximate surface area is 120 Å². The van der Waals surface area contributed by atoms with E-state index in [0.29, 0.717) is 5.56 Å². The van der Waals surface area contributed by atoms with Gasteiger partial charge in [0.25, 0.3) is 5.91 Å². The molecule has 19 heavy (non-hydrogen) atoms. The molecule has 2 amide bonds. The average Bonchev–Trinajstić information content (AvgIpc) is 2.34. The summed E-state index contributed by atoms with van der Waals surface area (Å²) in [5.41, 5.74) is 0.486. The molecule has 104 valence electrons. The Hall–Kier alpha value is -1.40. The standard InChI is InChI=1S/C13H17BrN2O3/c1-9(17)8-16(2)12(18)7-15-13(19)10-4-3-5-11(14)6-10/h3-6,9,17H,7-8H2,1-2H3,(H,15,19). The van der Waals surface area contributed by atoms with Crippen molar-refractivity contribution in [2.24, 2.45) is 0 Å². The molecular formula is C13H17BrN2O3. The molecule has 0 aliphatic carbocycles. The van der Waals surface area contributed by atoms with Crippen molar-refractivity contribution in [3.8, 4) is 0 Å². The molecular weight excluding hydrogens is 312 g/mol. The molecule has 0 aliphatic rings. The van der Waals surface area contributed by atoms with Gasteiger partial charge in [0.15, 0.2) is 0 Å². The minimum atomic E-state index is -0.588. The number of carbonyl (C=O) groups is 2. The number of carbonyl (C=O) groups excluding carboxylic acids is 2. The summed E-state index contributed by atoms with van der Waals surface area (Å²) in [6, 6.07) is 6.92. The third-order valence-electron chi connectivity index (χ3n) is 2.45. The lowest BCUT2D eigenvalue weighted by Gasteiger charge is -2.18. The van der Waals surface area contributed by atoms with Gasteiger partial charge in [-0.1, -0.05) is 22.0 Å². The Morgan fingerprint density at radius 3 is 2.74 bits per heavy atom. The fraction of sp³-hybridized carbons (Fsp3) is 0.385. The summed E-state index contributed by atoms with van der Waals surface area (Å²) in [7, 11) is 1.58. The third kappa shape index (κ3) is 5.40. The number of amides is 2. The molecule has 0 bridgehead atoms. The van der Waals surface area contributed by atoms with E-state index < -0.39 is 6.10 Å². The van der Waals surface area contributed by atoms with Crippen LogP contribution < -0.4 is 5.32 Å². The van der Waals surface area contributed by atoms with Crippen molar-refractivity contribution in [3.63, 3.8) is 0 Å². The molecule has 1 unspecified atom stereocenters. The molecule has 5 nitrogen and oxygen atoms in total. The first-order valence-corrected chi connectivity index (χ1v) is 6.65. The minimum Gasteiger partial charge on any atom is -0.392 e. The van der Waals surface area contributed by atoms with Crippen LogP contribution in [0.4, 0.5) is 0 Å². The van der Waals surface area contributed by atoms with Gasteiger partial charge in [-0.3, -0.25) is 9.59 Å². The summed E-state index contributed by atoms with van der Waals surface area (Å²) in [6.07, 6.45) is -0.588. The van der Waals surface area contributed by atoms with Crippen LogP contribution in [0.25, 0.3) is 0 Å². The van der Waals surface area contributed by atoms with Crippen LogP contribution in [0, 0.1) is 0 Å². The quantitative estimate of drug-likeness (QED) is 0.847. The van der Waals surface area contributed by atoms with Gasteiger partial charge in [-0.25, -0.2) is 0 Å². The second-order valence-corrected chi connectivity index (χ2v) is 5.23. The van der Waals surface area contributed by atoms with Gasteiger partial charge in [-0.2, -0.15) is 0 Å². The molecule has 1 aromatic carbocycles. The van der Waals surface area contributed by atoms with Gasteiger partial charge >= 0.3 is 0 Å². The number of nitrogens with one attached hydrogen (secondary N) is 1. The molecule has 0 aliphatic heterocycles. The Bertz CT molecular complexity index is 463. The molecule has 0 spiro atoms. The summed E-state index contributed by atoms with van der Waals surface area (Å²) in [4.78, 5) is 24.8. The number of aliphatic hydroxyl groups excluding tert-OH is 1. The molecule has 0 heterocycles. The van der Waals surface area contributed by atoms with E-state index in [-0.39, 0.29) is 24.9 Å². The molecule has 0 aromatic heterocycles. The summed E-state index contributed by atoms with van der Waals surface area (Å²) < 4.78 is 0.803. The maximum Gasteiger partial charge on any atom is 0.251 e. The zero-order chi connectivity index (χ0) is 14.4. The van der Waals surface area contributed by atoms with Gasteiger partial charge < -0.3 is 15.3 Å². The van der Waals surface area contributed by atoms with Crippen molar-refractivity contribution in [1.29, 1.82) is 0 Å².